The van der Waals surface area contributed by atoms with E-state index in [0.717, 1.165) is 4.90 Å². The normalized spacial score (nSPS) is 12.6. The molecule has 0 saturated carbocycles. The van der Waals surface area contributed by atoms with Gasteiger partial charge < -0.3 is 10.1 Å². The van der Waals surface area contributed by atoms with Gasteiger partial charge in [0.2, 0.25) is 0 Å². The molecule has 0 atom stereocenters. The largest absolute Gasteiger partial charge is 0.465 e. The van der Waals surface area contributed by atoms with E-state index in [1.54, 1.807) is 18.2 Å². The molecule has 7 heteroatoms. The van der Waals surface area contributed by atoms with Crippen molar-refractivity contribution >= 4 is 29.4 Å². The summed E-state index contributed by atoms with van der Waals surface area (Å²) >= 11 is 0. The molecule has 0 radical (unpaired) electrons. The number of amides is 3. The molecule has 2 aromatic carbocycles. The standard InChI is InChI=1S/C20H16N2O5/c1-3-10-22-18(24)13-9-8-12(11-15(13)19(22)25)17(23)21-16-7-5-4-6-14(16)20(26)27-2/h3-9,11H,1,10H2,2H3,(H,21,23). The highest BCUT2D eigenvalue weighted by Crippen LogP contribution is 2.25. The Balaban J connectivity index is 1.89. The van der Waals surface area contributed by atoms with E-state index in [9.17, 15) is 19.2 Å². The lowest BCUT2D eigenvalue weighted by Gasteiger charge is -2.10. The second-order valence-corrected chi connectivity index (χ2v) is 5.76. The Morgan fingerprint density at radius 2 is 1.81 bits per heavy atom. The van der Waals surface area contributed by atoms with E-state index in [4.69, 9.17) is 4.74 Å². The number of anilines is 1. The van der Waals surface area contributed by atoms with Crippen molar-refractivity contribution in [2.45, 2.75) is 0 Å². The number of rotatable bonds is 5. The third-order valence-electron chi connectivity index (χ3n) is 4.13. The third kappa shape index (κ3) is 3.22. The Bertz CT molecular complexity index is 980. The minimum absolute atomic E-state index is 0.0976. The molecule has 0 aliphatic carbocycles. The van der Waals surface area contributed by atoms with Crippen LogP contribution in [0.15, 0.2) is 55.1 Å². The number of fused-ring (bicyclic) bond motifs is 1. The molecule has 136 valence electrons. The Labute approximate surface area is 155 Å². The van der Waals surface area contributed by atoms with E-state index in [0.29, 0.717) is 0 Å². The average Bonchev–Trinajstić information content (AvgIpc) is 2.92. The summed E-state index contributed by atoms with van der Waals surface area (Å²) in [6.45, 7) is 3.63. The number of hydrogen-bond acceptors (Lipinski definition) is 5. The molecule has 0 bridgehead atoms. The van der Waals surface area contributed by atoms with Crippen LogP contribution in [0.5, 0.6) is 0 Å². The molecule has 1 aliphatic heterocycles. The summed E-state index contributed by atoms with van der Waals surface area (Å²) in [5.74, 6) is -1.99. The van der Waals surface area contributed by atoms with Gasteiger partial charge in [0, 0.05) is 12.1 Å². The number of methoxy groups -OCH3 is 1. The second-order valence-electron chi connectivity index (χ2n) is 5.76. The molecule has 0 unspecified atom stereocenters. The smallest absolute Gasteiger partial charge is 0.339 e. The van der Waals surface area contributed by atoms with Gasteiger partial charge in [0.25, 0.3) is 17.7 Å². The van der Waals surface area contributed by atoms with Crippen molar-refractivity contribution in [3.63, 3.8) is 0 Å². The molecule has 3 amide bonds. The van der Waals surface area contributed by atoms with Crippen molar-refractivity contribution in [2.24, 2.45) is 0 Å². The predicted molar refractivity (Wildman–Crippen MR) is 97.7 cm³/mol. The molecule has 27 heavy (non-hydrogen) atoms. The lowest BCUT2D eigenvalue weighted by Crippen LogP contribution is -2.29. The Kier molecular flexibility index (Phi) is 4.85. The van der Waals surface area contributed by atoms with Crippen LogP contribution in [0.2, 0.25) is 0 Å². The lowest BCUT2D eigenvalue weighted by atomic mass is 10.0. The Morgan fingerprint density at radius 3 is 2.52 bits per heavy atom. The van der Waals surface area contributed by atoms with Crippen LogP contribution in [0.4, 0.5) is 5.69 Å². The van der Waals surface area contributed by atoms with Crippen LogP contribution in [0.3, 0.4) is 0 Å². The third-order valence-corrected chi connectivity index (χ3v) is 4.13. The minimum Gasteiger partial charge on any atom is -0.465 e. The fourth-order valence-electron chi connectivity index (χ4n) is 2.80. The molecule has 0 saturated heterocycles. The van der Waals surface area contributed by atoms with Crippen LogP contribution in [-0.2, 0) is 4.74 Å². The average molecular weight is 364 g/mol. The number of imide groups is 1. The fourth-order valence-corrected chi connectivity index (χ4v) is 2.80. The maximum absolute atomic E-state index is 12.6. The zero-order valence-electron chi connectivity index (χ0n) is 14.5. The molecule has 0 aromatic heterocycles. The number of nitrogens with zero attached hydrogens (tertiary/aromatic N) is 1. The number of carbonyl (C=O) groups is 4. The van der Waals surface area contributed by atoms with E-state index in [1.807, 2.05) is 0 Å². The van der Waals surface area contributed by atoms with Crippen molar-refractivity contribution in [1.82, 2.24) is 4.90 Å². The minimum atomic E-state index is -0.583. The number of ether oxygens (including phenoxy) is 1. The van der Waals surface area contributed by atoms with Crippen LogP contribution >= 0.6 is 0 Å². The number of esters is 1. The molecular formula is C20H16N2O5. The monoisotopic (exact) mass is 364 g/mol. The topological polar surface area (TPSA) is 92.8 Å². The first-order valence-electron chi connectivity index (χ1n) is 8.07. The van der Waals surface area contributed by atoms with E-state index in [1.165, 1.54) is 37.5 Å². The second kappa shape index (κ2) is 7.25. The number of para-hydroxylation sites is 1. The quantitative estimate of drug-likeness (QED) is 0.500. The molecule has 7 nitrogen and oxygen atoms in total. The summed E-state index contributed by atoms with van der Waals surface area (Å²) in [6.07, 6.45) is 1.46. The summed E-state index contributed by atoms with van der Waals surface area (Å²) in [6, 6.07) is 10.7. The van der Waals surface area contributed by atoms with Crippen molar-refractivity contribution < 1.29 is 23.9 Å². The van der Waals surface area contributed by atoms with Crippen molar-refractivity contribution in [1.29, 1.82) is 0 Å². The highest BCUT2D eigenvalue weighted by molar-refractivity contribution is 6.22. The van der Waals surface area contributed by atoms with Gasteiger partial charge in [0.05, 0.1) is 29.5 Å². The highest BCUT2D eigenvalue weighted by atomic mass is 16.5. The zero-order valence-corrected chi connectivity index (χ0v) is 14.5. The summed E-state index contributed by atoms with van der Waals surface area (Å²) in [7, 11) is 1.25. The number of hydrogen-bond donors (Lipinski definition) is 1. The first-order chi connectivity index (χ1) is 13.0. The van der Waals surface area contributed by atoms with Gasteiger partial charge in [-0.15, -0.1) is 6.58 Å². The summed E-state index contributed by atoms with van der Waals surface area (Å²) < 4.78 is 4.70. The Morgan fingerprint density at radius 1 is 1.11 bits per heavy atom. The van der Waals surface area contributed by atoms with Crippen molar-refractivity contribution in [3.05, 3.63) is 77.4 Å². The van der Waals surface area contributed by atoms with Gasteiger partial charge in [-0.3, -0.25) is 19.3 Å². The van der Waals surface area contributed by atoms with Gasteiger partial charge in [-0.2, -0.15) is 0 Å². The van der Waals surface area contributed by atoms with Gasteiger partial charge in [0.1, 0.15) is 0 Å². The SMILES string of the molecule is C=CCN1C(=O)c2ccc(C(=O)Nc3ccccc3C(=O)OC)cc2C1=O. The summed E-state index contributed by atoms with van der Waals surface area (Å²) in [5, 5.41) is 2.63. The van der Waals surface area contributed by atoms with E-state index < -0.39 is 23.7 Å². The maximum atomic E-state index is 12.6. The summed E-state index contributed by atoms with van der Waals surface area (Å²) in [5.41, 5.74) is 1.09. The highest BCUT2D eigenvalue weighted by Gasteiger charge is 2.35. The first kappa shape index (κ1) is 18.1. The van der Waals surface area contributed by atoms with Crippen molar-refractivity contribution in [3.8, 4) is 0 Å². The summed E-state index contributed by atoms with van der Waals surface area (Å²) in [4.78, 5) is 50.1. The molecule has 1 heterocycles. The molecule has 1 aliphatic rings. The van der Waals surface area contributed by atoms with Gasteiger partial charge in [0.15, 0.2) is 0 Å². The predicted octanol–water partition coefficient (Wildman–Crippen LogP) is 2.51. The van der Waals surface area contributed by atoms with Crippen LogP contribution in [0.1, 0.15) is 41.4 Å². The van der Waals surface area contributed by atoms with Crippen LogP contribution in [0, 0.1) is 0 Å². The van der Waals surface area contributed by atoms with Crippen LogP contribution in [0.25, 0.3) is 0 Å². The number of nitrogens with one attached hydrogen (secondary N) is 1. The zero-order chi connectivity index (χ0) is 19.6. The van der Waals surface area contributed by atoms with E-state index in [-0.39, 0.29) is 34.5 Å². The number of carbonyl (C=O) groups excluding carboxylic acids is 4. The molecule has 0 spiro atoms. The lowest BCUT2D eigenvalue weighted by molar-refractivity contribution is 0.0600. The van der Waals surface area contributed by atoms with E-state index in [2.05, 4.69) is 11.9 Å². The molecule has 3 rings (SSSR count). The molecule has 0 fully saturated rings. The molecular weight excluding hydrogens is 348 g/mol. The van der Waals surface area contributed by atoms with Crippen LogP contribution in [-0.4, -0.2) is 42.2 Å². The molecule has 1 N–H and O–H groups in total. The fraction of sp³-hybridized carbons (Fsp3) is 0.100. The van der Waals surface area contributed by atoms with Gasteiger partial charge in [-0.1, -0.05) is 18.2 Å². The van der Waals surface area contributed by atoms with Gasteiger partial charge >= 0.3 is 5.97 Å². The van der Waals surface area contributed by atoms with Crippen molar-refractivity contribution in [2.75, 3.05) is 19.0 Å². The van der Waals surface area contributed by atoms with Gasteiger partial charge in [-0.05, 0) is 30.3 Å². The molecule has 2 aromatic rings. The van der Waals surface area contributed by atoms with Gasteiger partial charge in [-0.25, -0.2) is 4.79 Å². The first-order valence-corrected chi connectivity index (χ1v) is 8.07. The Hall–Kier alpha value is -3.74. The van der Waals surface area contributed by atoms with Crippen LogP contribution < -0.4 is 5.32 Å². The number of benzene rings is 2. The maximum Gasteiger partial charge on any atom is 0.339 e. The van der Waals surface area contributed by atoms with E-state index >= 15 is 0 Å².